The molecule has 0 bridgehead atoms. The van der Waals surface area contributed by atoms with E-state index in [4.69, 9.17) is 14.2 Å². The lowest BCUT2D eigenvalue weighted by atomic mass is 9.68. The summed E-state index contributed by atoms with van der Waals surface area (Å²) in [6, 6.07) is 6.71. The van der Waals surface area contributed by atoms with Gasteiger partial charge in [0.25, 0.3) is 0 Å². The molecule has 5 rings (SSSR count). The van der Waals surface area contributed by atoms with Gasteiger partial charge in [-0.2, -0.15) is 0 Å². The zero-order valence-electron chi connectivity index (χ0n) is 22.2. The predicted molar refractivity (Wildman–Crippen MR) is 140 cm³/mol. The summed E-state index contributed by atoms with van der Waals surface area (Å²) in [4.78, 5) is 15.5. The fourth-order valence-corrected chi connectivity index (χ4v) is 7.20. The molecule has 2 saturated heterocycles. The second kappa shape index (κ2) is 11.7. The number of fused-ring (bicyclic) bond motifs is 2. The number of ether oxygens (including phenoxy) is 3. The first-order valence-corrected chi connectivity index (χ1v) is 14.3. The van der Waals surface area contributed by atoms with Gasteiger partial charge in [0.1, 0.15) is 17.6 Å². The first kappa shape index (κ1) is 25.8. The number of unbranched alkanes of at least 4 members (excludes halogenated alkanes) is 1. The highest BCUT2D eigenvalue weighted by Gasteiger charge is 2.61. The number of hydrogen-bond donors (Lipinski definition) is 2. The molecular weight excluding hydrogens is 454 g/mol. The standard InChI is InChI=1S/C29H45N3O4/c1-30-20-23(19-21-9-3-4-10-21)31-28(33)32-16-8-13-25-27(32)36-29(25,15-5-6-17-34-2)24-12-7-11-22-14-18-35-26(22)24/h7,11-12,21,23,25,27,30H,3-6,8-10,13-20H2,1-2H3,(H,31,33)/t23-,25+,27+,29+/m0/s1. The maximum Gasteiger partial charge on any atom is 0.319 e. The van der Waals surface area contributed by atoms with E-state index in [1.54, 1.807) is 7.11 Å². The SMILES string of the molecule is CNC[C@H](CC1CCCC1)NC(=O)N1CCC[C@@H]2[C@H]1O[C@]2(CCCCOC)c1cccc2c1OCC2. The van der Waals surface area contributed by atoms with E-state index in [0.29, 0.717) is 0 Å². The molecule has 7 nitrogen and oxygen atoms in total. The highest BCUT2D eigenvalue weighted by Crippen LogP contribution is 2.57. The van der Waals surface area contributed by atoms with Crippen molar-refractivity contribution < 1.29 is 19.0 Å². The molecular formula is C29H45N3O4. The van der Waals surface area contributed by atoms with Crippen molar-refractivity contribution >= 4 is 6.03 Å². The molecule has 1 aliphatic carbocycles. The third kappa shape index (κ3) is 5.11. The molecule has 3 heterocycles. The van der Waals surface area contributed by atoms with E-state index in [-0.39, 0.29) is 29.8 Å². The second-order valence-corrected chi connectivity index (χ2v) is 11.3. The summed E-state index contributed by atoms with van der Waals surface area (Å²) in [6.07, 6.45) is 12.1. The molecule has 1 aromatic rings. The van der Waals surface area contributed by atoms with Crippen LogP contribution in [0.5, 0.6) is 5.75 Å². The van der Waals surface area contributed by atoms with Crippen LogP contribution in [0.4, 0.5) is 4.79 Å². The van der Waals surface area contributed by atoms with Gasteiger partial charge in [-0.25, -0.2) is 4.79 Å². The molecule has 0 radical (unpaired) electrons. The van der Waals surface area contributed by atoms with Crippen molar-refractivity contribution in [2.24, 2.45) is 11.8 Å². The van der Waals surface area contributed by atoms with E-state index in [2.05, 4.69) is 28.8 Å². The number of rotatable bonds is 11. The molecule has 0 unspecified atom stereocenters. The van der Waals surface area contributed by atoms with Crippen LogP contribution in [0, 0.1) is 11.8 Å². The summed E-state index contributed by atoms with van der Waals surface area (Å²) in [5, 5.41) is 6.66. The number of likely N-dealkylation sites (tertiary alicyclic amines) is 1. The lowest BCUT2D eigenvalue weighted by Gasteiger charge is -2.60. The molecule has 7 heteroatoms. The summed E-state index contributed by atoms with van der Waals surface area (Å²) in [5.41, 5.74) is 2.08. The number of urea groups is 1. The van der Waals surface area contributed by atoms with Crippen LogP contribution in [-0.4, -0.2) is 63.7 Å². The number of hydrogen-bond acceptors (Lipinski definition) is 5. The monoisotopic (exact) mass is 499 g/mol. The number of para-hydroxylation sites is 1. The van der Waals surface area contributed by atoms with Gasteiger partial charge in [-0.05, 0) is 57.1 Å². The van der Waals surface area contributed by atoms with Crippen LogP contribution in [0.1, 0.15) is 75.3 Å². The number of benzene rings is 1. The van der Waals surface area contributed by atoms with E-state index in [1.807, 2.05) is 11.9 Å². The molecule has 4 atom stereocenters. The quantitative estimate of drug-likeness (QED) is 0.436. The third-order valence-electron chi connectivity index (χ3n) is 8.94. The van der Waals surface area contributed by atoms with Crippen molar-refractivity contribution in [2.75, 3.05) is 40.5 Å². The van der Waals surface area contributed by atoms with E-state index >= 15 is 0 Å². The third-order valence-corrected chi connectivity index (χ3v) is 8.94. The Morgan fingerprint density at radius 3 is 2.89 bits per heavy atom. The lowest BCUT2D eigenvalue weighted by Crippen LogP contribution is -2.68. The Balaban J connectivity index is 1.31. The molecule has 2 amide bonds. The highest BCUT2D eigenvalue weighted by molar-refractivity contribution is 5.75. The molecule has 3 aliphatic heterocycles. The van der Waals surface area contributed by atoms with Crippen molar-refractivity contribution in [3.05, 3.63) is 29.3 Å². The summed E-state index contributed by atoms with van der Waals surface area (Å²) < 4.78 is 18.3. The van der Waals surface area contributed by atoms with Crippen LogP contribution in [0.3, 0.4) is 0 Å². The van der Waals surface area contributed by atoms with Crippen molar-refractivity contribution in [3.63, 3.8) is 0 Å². The average molecular weight is 500 g/mol. The maximum absolute atomic E-state index is 13.5. The topological polar surface area (TPSA) is 72.1 Å². The maximum atomic E-state index is 13.5. The normalized spacial score (nSPS) is 28.2. The van der Waals surface area contributed by atoms with Gasteiger partial charge in [-0.15, -0.1) is 0 Å². The van der Waals surface area contributed by atoms with Crippen LogP contribution >= 0.6 is 0 Å². The Bertz CT molecular complexity index is 889. The number of nitrogens with one attached hydrogen (secondary N) is 2. The predicted octanol–water partition coefficient (Wildman–Crippen LogP) is 4.58. The molecule has 4 aliphatic rings. The molecule has 1 aromatic carbocycles. The van der Waals surface area contributed by atoms with Crippen LogP contribution in [0.2, 0.25) is 0 Å². The molecule has 2 N–H and O–H groups in total. The summed E-state index contributed by atoms with van der Waals surface area (Å²) in [5.74, 6) is 2.04. The number of methoxy groups -OCH3 is 1. The number of carbonyl (C=O) groups excluding carboxylic acids is 1. The fourth-order valence-electron chi connectivity index (χ4n) is 7.20. The van der Waals surface area contributed by atoms with Gasteiger partial charge in [0.2, 0.25) is 0 Å². The Morgan fingerprint density at radius 2 is 2.08 bits per heavy atom. The minimum Gasteiger partial charge on any atom is -0.493 e. The molecule has 1 saturated carbocycles. The van der Waals surface area contributed by atoms with Crippen molar-refractivity contribution in [2.45, 2.75) is 88.5 Å². The number of amides is 2. The van der Waals surface area contributed by atoms with Gasteiger partial charge >= 0.3 is 6.03 Å². The Kier molecular flexibility index (Phi) is 8.39. The van der Waals surface area contributed by atoms with E-state index in [9.17, 15) is 4.79 Å². The molecule has 200 valence electrons. The number of nitrogens with zero attached hydrogens (tertiary/aromatic N) is 1. The lowest BCUT2D eigenvalue weighted by molar-refractivity contribution is -0.324. The van der Waals surface area contributed by atoms with Crippen molar-refractivity contribution in [3.8, 4) is 5.75 Å². The van der Waals surface area contributed by atoms with E-state index in [1.165, 1.54) is 36.8 Å². The Labute approximate surface area is 216 Å². The highest BCUT2D eigenvalue weighted by atomic mass is 16.6. The first-order chi connectivity index (χ1) is 17.7. The Hall–Kier alpha value is -1.83. The van der Waals surface area contributed by atoms with Gasteiger partial charge < -0.3 is 24.8 Å². The van der Waals surface area contributed by atoms with Crippen molar-refractivity contribution in [1.29, 1.82) is 0 Å². The van der Waals surface area contributed by atoms with Crippen LogP contribution in [-0.2, 0) is 21.5 Å². The van der Waals surface area contributed by atoms with Crippen LogP contribution in [0.15, 0.2) is 18.2 Å². The van der Waals surface area contributed by atoms with Gasteiger partial charge in [0, 0.05) is 50.8 Å². The zero-order valence-corrected chi connectivity index (χ0v) is 22.2. The van der Waals surface area contributed by atoms with Gasteiger partial charge in [0.15, 0.2) is 0 Å². The fraction of sp³-hybridized carbons (Fsp3) is 0.759. The van der Waals surface area contributed by atoms with Crippen LogP contribution < -0.4 is 15.4 Å². The smallest absolute Gasteiger partial charge is 0.319 e. The summed E-state index contributed by atoms with van der Waals surface area (Å²) >= 11 is 0. The minimum absolute atomic E-state index is 0.0328. The number of carbonyl (C=O) groups is 1. The molecule has 3 fully saturated rings. The summed E-state index contributed by atoms with van der Waals surface area (Å²) in [7, 11) is 3.73. The average Bonchev–Trinajstić information content (AvgIpc) is 3.56. The second-order valence-electron chi connectivity index (χ2n) is 11.3. The van der Waals surface area contributed by atoms with Gasteiger partial charge in [-0.1, -0.05) is 43.9 Å². The van der Waals surface area contributed by atoms with Gasteiger partial charge in [-0.3, -0.25) is 4.90 Å². The van der Waals surface area contributed by atoms with Crippen molar-refractivity contribution in [1.82, 2.24) is 15.5 Å². The Morgan fingerprint density at radius 1 is 1.22 bits per heavy atom. The van der Waals surface area contributed by atoms with Crippen LogP contribution in [0.25, 0.3) is 0 Å². The van der Waals surface area contributed by atoms with E-state index < -0.39 is 0 Å². The van der Waals surface area contributed by atoms with E-state index in [0.717, 1.165) is 82.9 Å². The largest absolute Gasteiger partial charge is 0.493 e. The zero-order chi connectivity index (χ0) is 25.0. The molecule has 0 aromatic heterocycles. The minimum atomic E-state index is -0.388. The molecule has 0 spiro atoms. The van der Waals surface area contributed by atoms with Gasteiger partial charge in [0.05, 0.1) is 6.61 Å². The number of likely N-dealkylation sites (N-methyl/N-ethyl adjacent to an activating group) is 1. The molecule has 36 heavy (non-hydrogen) atoms. The first-order valence-electron chi connectivity index (χ1n) is 14.3. The summed E-state index contributed by atoms with van der Waals surface area (Å²) in [6.45, 7) is 3.06. The number of piperidine rings is 1.